The monoisotopic (exact) mass is 430 g/mol. The Morgan fingerprint density at radius 1 is 0.906 bits per heavy atom. The number of aryl methyl sites for hydroxylation is 1. The van der Waals surface area contributed by atoms with Gasteiger partial charge in [-0.25, -0.2) is 4.98 Å². The van der Waals surface area contributed by atoms with Gasteiger partial charge in [-0.1, -0.05) is 56.3 Å². The average molecular weight is 431 g/mol. The summed E-state index contributed by atoms with van der Waals surface area (Å²) in [6.45, 7) is 6.62. The number of methoxy groups -OCH3 is 1. The molecule has 0 radical (unpaired) electrons. The average Bonchev–Trinajstić information content (AvgIpc) is 3.24. The van der Waals surface area contributed by atoms with Crippen LogP contribution in [0.3, 0.4) is 0 Å². The molecule has 0 aliphatic carbocycles. The number of benzene rings is 2. The molecule has 4 aromatic rings. The number of nitrogens with zero attached hydrogens (tertiary/aromatic N) is 4. The van der Waals surface area contributed by atoms with Crippen molar-refractivity contribution in [2.45, 2.75) is 39.9 Å². The van der Waals surface area contributed by atoms with Crippen molar-refractivity contribution in [1.29, 1.82) is 0 Å². The molecule has 2 aromatic carbocycles. The largest absolute Gasteiger partial charge is 0.497 e. The lowest BCUT2D eigenvalue weighted by molar-refractivity contribution is 0.414. The summed E-state index contributed by atoms with van der Waals surface area (Å²) in [6.07, 6.45) is 2.93. The van der Waals surface area contributed by atoms with Gasteiger partial charge in [0.2, 0.25) is 5.95 Å². The Hall–Kier alpha value is -3.61. The summed E-state index contributed by atoms with van der Waals surface area (Å²) in [4.78, 5) is 14.2. The summed E-state index contributed by atoms with van der Waals surface area (Å²) in [6, 6.07) is 18.2. The Morgan fingerprint density at radius 2 is 1.62 bits per heavy atom. The van der Waals surface area contributed by atoms with Crippen LogP contribution in [0.2, 0.25) is 0 Å². The molecule has 0 unspecified atom stereocenters. The molecule has 4 rings (SSSR count). The first-order chi connectivity index (χ1) is 15.6. The summed E-state index contributed by atoms with van der Waals surface area (Å²) < 4.78 is 7.36. The Labute approximate surface area is 188 Å². The Bertz CT molecular complexity index is 1140. The summed E-state index contributed by atoms with van der Waals surface area (Å²) in [7, 11) is 1.67. The van der Waals surface area contributed by atoms with Crippen LogP contribution in [0.15, 0.2) is 60.9 Å². The highest BCUT2D eigenvalue weighted by Crippen LogP contribution is 2.23. The number of hydrogen-bond acceptors (Lipinski definition) is 6. The highest BCUT2D eigenvalue weighted by molar-refractivity contribution is 5.84. The van der Waals surface area contributed by atoms with Crippen LogP contribution < -0.4 is 15.4 Å². The van der Waals surface area contributed by atoms with Crippen molar-refractivity contribution in [1.82, 2.24) is 19.5 Å². The van der Waals surface area contributed by atoms with Crippen LogP contribution in [0.4, 0.5) is 11.8 Å². The molecule has 7 nitrogen and oxygen atoms in total. The zero-order valence-electron chi connectivity index (χ0n) is 18.9. The standard InChI is InChI=1S/C25H30N6O/c1-18(2)13-14-31-17-28-22-23(26-15-20-9-11-21(32-3)12-10-20)29-25(30-24(22)31)27-16-19-7-5-4-6-8-19/h4-12,17-18H,13-16H2,1-3H3,(H2,26,27,29,30). The Kier molecular flexibility index (Phi) is 6.84. The van der Waals surface area contributed by atoms with E-state index in [1.54, 1.807) is 7.11 Å². The molecule has 0 atom stereocenters. The minimum absolute atomic E-state index is 0.588. The lowest BCUT2D eigenvalue weighted by Gasteiger charge is -2.12. The van der Waals surface area contributed by atoms with Crippen molar-refractivity contribution in [3.05, 3.63) is 72.1 Å². The van der Waals surface area contributed by atoms with Crippen molar-refractivity contribution in [3.8, 4) is 5.75 Å². The second kappa shape index (κ2) is 10.1. The van der Waals surface area contributed by atoms with Crippen LogP contribution in [0.5, 0.6) is 5.75 Å². The molecular formula is C25H30N6O. The van der Waals surface area contributed by atoms with Crippen molar-refractivity contribution < 1.29 is 4.74 Å². The number of aromatic nitrogens is 4. The molecule has 7 heteroatoms. The van der Waals surface area contributed by atoms with Gasteiger partial charge in [0.05, 0.1) is 13.4 Å². The van der Waals surface area contributed by atoms with Gasteiger partial charge >= 0.3 is 0 Å². The van der Waals surface area contributed by atoms with Crippen molar-refractivity contribution >= 4 is 22.9 Å². The second-order valence-electron chi connectivity index (χ2n) is 8.23. The third-order valence-electron chi connectivity index (χ3n) is 5.32. The lowest BCUT2D eigenvalue weighted by Crippen LogP contribution is -2.09. The quantitative estimate of drug-likeness (QED) is 0.364. The minimum atomic E-state index is 0.588. The van der Waals surface area contributed by atoms with Crippen molar-refractivity contribution in [3.63, 3.8) is 0 Å². The zero-order valence-corrected chi connectivity index (χ0v) is 18.9. The normalized spacial score (nSPS) is 11.1. The molecule has 32 heavy (non-hydrogen) atoms. The van der Waals surface area contributed by atoms with Gasteiger partial charge in [-0.3, -0.25) is 0 Å². The third-order valence-corrected chi connectivity index (χ3v) is 5.32. The first-order valence-electron chi connectivity index (χ1n) is 11.0. The number of ether oxygens (including phenoxy) is 1. The van der Waals surface area contributed by atoms with Gasteiger partial charge in [0.1, 0.15) is 5.75 Å². The van der Waals surface area contributed by atoms with Crippen LogP contribution in [0.25, 0.3) is 11.2 Å². The fourth-order valence-electron chi connectivity index (χ4n) is 3.41. The number of hydrogen-bond donors (Lipinski definition) is 2. The van der Waals surface area contributed by atoms with E-state index in [9.17, 15) is 0 Å². The van der Waals surface area contributed by atoms with E-state index in [-0.39, 0.29) is 0 Å². The van der Waals surface area contributed by atoms with Gasteiger partial charge in [0.25, 0.3) is 0 Å². The molecule has 0 bridgehead atoms. The maximum absolute atomic E-state index is 5.25. The topological polar surface area (TPSA) is 76.9 Å². The molecule has 0 saturated carbocycles. The molecule has 0 spiro atoms. The fraction of sp³-hybridized carbons (Fsp3) is 0.320. The smallest absolute Gasteiger partial charge is 0.227 e. The van der Waals surface area contributed by atoms with Crippen molar-refractivity contribution in [2.75, 3.05) is 17.7 Å². The minimum Gasteiger partial charge on any atom is -0.497 e. The van der Waals surface area contributed by atoms with Crippen LogP contribution in [0.1, 0.15) is 31.4 Å². The van der Waals surface area contributed by atoms with Crippen LogP contribution >= 0.6 is 0 Å². The van der Waals surface area contributed by atoms with E-state index in [2.05, 4.69) is 46.2 Å². The first kappa shape index (κ1) is 21.6. The van der Waals surface area contributed by atoms with Gasteiger partial charge in [-0.2, -0.15) is 9.97 Å². The Morgan fingerprint density at radius 3 is 2.34 bits per heavy atom. The zero-order chi connectivity index (χ0) is 22.3. The van der Waals surface area contributed by atoms with E-state index in [1.165, 1.54) is 5.56 Å². The Balaban J connectivity index is 1.59. The molecule has 2 N–H and O–H groups in total. The fourth-order valence-corrected chi connectivity index (χ4v) is 3.41. The summed E-state index contributed by atoms with van der Waals surface area (Å²) in [5.74, 6) is 2.77. The van der Waals surface area contributed by atoms with E-state index in [4.69, 9.17) is 14.7 Å². The highest BCUT2D eigenvalue weighted by Gasteiger charge is 2.14. The van der Waals surface area contributed by atoms with Gasteiger partial charge in [-0.15, -0.1) is 0 Å². The molecular weight excluding hydrogens is 400 g/mol. The lowest BCUT2D eigenvalue weighted by atomic mass is 10.1. The third kappa shape index (κ3) is 5.35. The van der Waals surface area contributed by atoms with E-state index in [0.29, 0.717) is 25.0 Å². The number of rotatable bonds is 10. The van der Waals surface area contributed by atoms with Crippen LogP contribution in [-0.2, 0) is 19.6 Å². The SMILES string of the molecule is COc1ccc(CNc2nc(NCc3ccccc3)nc3c2ncn3CCC(C)C)cc1. The number of fused-ring (bicyclic) bond motifs is 1. The molecule has 2 heterocycles. The molecule has 0 amide bonds. The van der Waals surface area contributed by atoms with Crippen molar-refractivity contribution in [2.24, 2.45) is 5.92 Å². The molecule has 0 aliphatic heterocycles. The van der Waals surface area contributed by atoms with E-state index in [1.807, 2.05) is 48.8 Å². The van der Waals surface area contributed by atoms with Crippen LogP contribution in [0, 0.1) is 5.92 Å². The number of anilines is 2. The highest BCUT2D eigenvalue weighted by atomic mass is 16.5. The summed E-state index contributed by atoms with van der Waals surface area (Å²) in [5, 5.41) is 6.82. The van der Waals surface area contributed by atoms with Gasteiger partial charge in [0, 0.05) is 19.6 Å². The first-order valence-corrected chi connectivity index (χ1v) is 11.0. The molecule has 2 aromatic heterocycles. The predicted molar refractivity (Wildman–Crippen MR) is 129 cm³/mol. The second-order valence-corrected chi connectivity index (χ2v) is 8.23. The molecule has 0 saturated heterocycles. The van der Waals surface area contributed by atoms with Gasteiger partial charge in [0.15, 0.2) is 17.0 Å². The summed E-state index contributed by atoms with van der Waals surface area (Å²) >= 11 is 0. The molecule has 0 fully saturated rings. The van der Waals surface area contributed by atoms with E-state index in [0.717, 1.165) is 41.3 Å². The van der Waals surface area contributed by atoms with Gasteiger partial charge < -0.3 is 19.9 Å². The van der Waals surface area contributed by atoms with E-state index >= 15 is 0 Å². The molecule has 166 valence electrons. The maximum atomic E-state index is 5.25. The number of nitrogens with one attached hydrogen (secondary N) is 2. The number of imidazole rings is 1. The summed E-state index contributed by atoms with van der Waals surface area (Å²) in [5.41, 5.74) is 3.94. The van der Waals surface area contributed by atoms with Gasteiger partial charge in [-0.05, 0) is 35.6 Å². The maximum Gasteiger partial charge on any atom is 0.227 e. The van der Waals surface area contributed by atoms with E-state index < -0.39 is 0 Å². The van der Waals surface area contributed by atoms with Crippen LogP contribution in [-0.4, -0.2) is 26.6 Å². The predicted octanol–water partition coefficient (Wildman–Crippen LogP) is 5.11. The molecule has 0 aliphatic rings.